The molecule has 1 amide bonds. The minimum Gasteiger partial charge on any atom is -0.507 e. The van der Waals surface area contributed by atoms with Crippen molar-refractivity contribution in [2.24, 2.45) is 5.92 Å². The van der Waals surface area contributed by atoms with E-state index in [1.165, 1.54) is 18.2 Å². The summed E-state index contributed by atoms with van der Waals surface area (Å²) >= 11 is 0. The number of carbonyl (C=O) groups excluding carboxylic acids is 2. The smallest absolute Gasteiger partial charge is 0.418 e. The molecule has 2 aromatic rings. The molecule has 2 aliphatic rings. The second-order valence-electron chi connectivity index (χ2n) is 8.34. The SMILES string of the molecule is COC(=O)c1cc(C2(C3CCC(F)(F)CC3)C(=O)Nc3c(C(F)(F)F)cccc32)ccc1O. The molecule has 33 heavy (non-hydrogen) atoms. The summed E-state index contributed by atoms with van der Waals surface area (Å²) in [5, 5.41) is 12.4. The summed E-state index contributed by atoms with van der Waals surface area (Å²) in [5.41, 5.74) is -3.42. The highest BCUT2D eigenvalue weighted by atomic mass is 19.4. The van der Waals surface area contributed by atoms with Crippen molar-refractivity contribution in [2.45, 2.75) is 43.2 Å². The van der Waals surface area contributed by atoms with Crippen LogP contribution in [0.4, 0.5) is 27.6 Å². The van der Waals surface area contributed by atoms with Gasteiger partial charge in [0.2, 0.25) is 11.8 Å². The van der Waals surface area contributed by atoms with E-state index in [-0.39, 0.29) is 29.5 Å². The van der Waals surface area contributed by atoms with Crippen LogP contribution in [0.25, 0.3) is 0 Å². The quantitative estimate of drug-likeness (QED) is 0.475. The summed E-state index contributed by atoms with van der Waals surface area (Å²) < 4.78 is 73.6. The molecule has 0 radical (unpaired) electrons. The number of phenolic OH excluding ortho intramolecular Hbond substituents is 1. The Morgan fingerprint density at radius 1 is 1.15 bits per heavy atom. The number of ether oxygens (including phenoxy) is 1. The van der Waals surface area contributed by atoms with Gasteiger partial charge in [0.1, 0.15) is 16.7 Å². The van der Waals surface area contributed by atoms with E-state index in [1.54, 1.807) is 0 Å². The Bertz CT molecular complexity index is 1120. The molecule has 0 spiro atoms. The number of hydrogen-bond acceptors (Lipinski definition) is 4. The van der Waals surface area contributed by atoms with Gasteiger partial charge in [-0.05, 0) is 48.1 Å². The predicted octanol–water partition coefficient (Wildman–Crippen LogP) is 5.26. The van der Waals surface area contributed by atoms with Gasteiger partial charge in [-0.15, -0.1) is 0 Å². The second kappa shape index (κ2) is 7.71. The number of carbonyl (C=O) groups is 2. The average molecular weight is 469 g/mol. The van der Waals surface area contributed by atoms with Crippen LogP contribution in [0.1, 0.15) is 52.7 Å². The zero-order chi connectivity index (χ0) is 24.2. The third-order valence-corrected chi connectivity index (χ3v) is 6.58. The molecule has 1 heterocycles. The van der Waals surface area contributed by atoms with E-state index >= 15 is 0 Å². The second-order valence-corrected chi connectivity index (χ2v) is 8.34. The number of rotatable bonds is 3. The number of benzene rings is 2. The minimum absolute atomic E-state index is 0.000882. The molecule has 1 aliphatic heterocycles. The van der Waals surface area contributed by atoms with Gasteiger partial charge in [0.15, 0.2) is 0 Å². The van der Waals surface area contributed by atoms with E-state index in [0.29, 0.717) is 0 Å². The number of anilines is 1. The molecule has 2 aromatic carbocycles. The third kappa shape index (κ3) is 3.61. The van der Waals surface area contributed by atoms with Gasteiger partial charge in [-0.25, -0.2) is 13.6 Å². The maximum atomic E-state index is 13.9. The number of esters is 1. The first-order valence-electron chi connectivity index (χ1n) is 10.2. The molecule has 2 N–H and O–H groups in total. The van der Waals surface area contributed by atoms with Gasteiger partial charge in [0.05, 0.1) is 18.4 Å². The van der Waals surface area contributed by atoms with Crippen LogP contribution in [0.5, 0.6) is 5.75 Å². The normalized spacial score (nSPS) is 22.5. The Kier molecular flexibility index (Phi) is 5.37. The molecule has 1 unspecified atom stereocenters. The summed E-state index contributed by atoms with van der Waals surface area (Å²) in [6.45, 7) is 0. The molecule has 1 saturated carbocycles. The van der Waals surface area contributed by atoms with Crippen LogP contribution in [0, 0.1) is 5.92 Å². The van der Waals surface area contributed by atoms with Crippen LogP contribution >= 0.6 is 0 Å². The average Bonchev–Trinajstić information content (AvgIpc) is 3.05. The predicted molar refractivity (Wildman–Crippen MR) is 107 cm³/mol. The number of para-hydroxylation sites is 1. The van der Waals surface area contributed by atoms with Gasteiger partial charge >= 0.3 is 12.1 Å². The van der Waals surface area contributed by atoms with Crippen molar-refractivity contribution in [1.82, 2.24) is 0 Å². The van der Waals surface area contributed by atoms with E-state index in [1.807, 2.05) is 0 Å². The van der Waals surface area contributed by atoms with Crippen molar-refractivity contribution < 1.29 is 41.4 Å². The summed E-state index contributed by atoms with van der Waals surface area (Å²) in [6, 6.07) is 7.00. The number of methoxy groups -OCH3 is 1. The molecule has 4 rings (SSSR count). The fraction of sp³-hybridized carbons (Fsp3) is 0.391. The van der Waals surface area contributed by atoms with E-state index in [4.69, 9.17) is 0 Å². The maximum absolute atomic E-state index is 13.9. The topological polar surface area (TPSA) is 75.6 Å². The molecule has 0 saturated heterocycles. The van der Waals surface area contributed by atoms with Crippen molar-refractivity contribution in [3.05, 3.63) is 58.7 Å². The number of phenols is 1. The van der Waals surface area contributed by atoms with Crippen LogP contribution in [-0.2, 0) is 21.1 Å². The highest BCUT2D eigenvalue weighted by Crippen LogP contribution is 2.56. The Morgan fingerprint density at radius 2 is 1.82 bits per heavy atom. The molecule has 1 aliphatic carbocycles. The number of aromatic hydroxyl groups is 1. The van der Waals surface area contributed by atoms with E-state index in [2.05, 4.69) is 10.1 Å². The first-order valence-corrected chi connectivity index (χ1v) is 10.2. The standard InChI is InChI=1S/C23H20F5NO4/c1-33-19(31)14-11-13(5-6-17(14)30)22(12-7-9-21(24,25)10-8-12)15-3-2-4-16(23(26,27)28)18(15)29-20(22)32/h2-6,11-12,30H,7-10H2,1H3,(H,29,32). The Labute approximate surface area is 185 Å². The van der Waals surface area contributed by atoms with Gasteiger partial charge in [0, 0.05) is 12.8 Å². The van der Waals surface area contributed by atoms with E-state index < -0.39 is 65.2 Å². The molecule has 10 heteroatoms. The number of alkyl halides is 5. The molecule has 0 bridgehead atoms. The van der Waals surface area contributed by atoms with Crippen LogP contribution in [0.2, 0.25) is 0 Å². The molecule has 0 aromatic heterocycles. The molecule has 1 atom stereocenters. The molecular formula is C23H20F5NO4. The number of amides is 1. The summed E-state index contributed by atoms with van der Waals surface area (Å²) in [6.07, 6.45) is -6.05. The molecular weight excluding hydrogens is 449 g/mol. The van der Waals surface area contributed by atoms with Gasteiger partial charge in [0.25, 0.3) is 0 Å². The van der Waals surface area contributed by atoms with Gasteiger partial charge in [-0.1, -0.05) is 18.2 Å². The highest BCUT2D eigenvalue weighted by Gasteiger charge is 2.57. The van der Waals surface area contributed by atoms with Crippen LogP contribution in [0.3, 0.4) is 0 Å². The lowest BCUT2D eigenvalue weighted by Gasteiger charge is -2.40. The lowest BCUT2D eigenvalue weighted by Crippen LogP contribution is -2.45. The Hall–Kier alpha value is -3.17. The summed E-state index contributed by atoms with van der Waals surface area (Å²) in [5.74, 6) is -5.86. The lowest BCUT2D eigenvalue weighted by molar-refractivity contribution is -0.136. The number of fused-ring (bicyclic) bond motifs is 1. The van der Waals surface area contributed by atoms with Crippen molar-refractivity contribution in [1.29, 1.82) is 0 Å². The zero-order valence-corrected chi connectivity index (χ0v) is 17.4. The summed E-state index contributed by atoms with van der Waals surface area (Å²) in [7, 11) is 1.08. The van der Waals surface area contributed by atoms with E-state index in [0.717, 1.165) is 25.3 Å². The first kappa shape index (κ1) is 23.0. The zero-order valence-electron chi connectivity index (χ0n) is 17.4. The fourth-order valence-corrected chi connectivity index (χ4v) is 5.04. The maximum Gasteiger partial charge on any atom is 0.418 e. The van der Waals surface area contributed by atoms with Crippen LogP contribution < -0.4 is 5.32 Å². The van der Waals surface area contributed by atoms with Crippen LogP contribution in [-0.4, -0.2) is 30.0 Å². The van der Waals surface area contributed by atoms with Gasteiger partial charge < -0.3 is 15.2 Å². The first-order chi connectivity index (χ1) is 15.4. The Balaban J connectivity index is 1.99. The number of hydrogen-bond donors (Lipinski definition) is 2. The largest absolute Gasteiger partial charge is 0.507 e. The van der Waals surface area contributed by atoms with Crippen molar-refractivity contribution in [3.63, 3.8) is 0 Å². The highest BCUT2D eigenvalue weighted by molar-refractivity contribution is 6.10. The molecule has 1 fully saturated rings. The number of nitrogens with one attached hydrogen (secondary N) is 1. The van der Waals surface area contributed by atoms with Crippen molar-refractivity contribution >= 4 is 17.6 Å². The number of halogens is 5. The molecule has 176 valence electrons. The summed E-state index contributed by atoms with van der Waals surface area (Å²) in [4.78, 5) is 25.6. The molecule has 5 nitrogen and oxygen atoms in total. The van der Waals surface area contributed by atoms with Crippen LogP contribution in [0.15, 0.2) is 36.4 Å². The minimum atomic E-state index is -4.76. The van der Waals surface area contributed by atoms with Crippen molar-refractivity contribution in [3.8, 4) is 5.75 Å². The third-order valence-electron chi connectivity index (χ3n) is 6.58. The van der Waals surface area contributed by atoms with Gasteiger partial charge in [-0.2, -0.15) is 13.2 Å². The Morgan fingerprint density at radius 3 is 2.42 bits per heavy atom. The van der Waals surface area contributed by atoms with Gasteiger partial charge in [-0.3, -0.25) is 4.79 Å². The van der Waals surface area contributed by atoms with Crippen molar-refractivity contribution in [2.75, 3.05) is 12.4 Å². The fourth-order valence-electron chi connectivity index (χ4n) is 5.04. The lowest BCUT2D eigenvalue weighted by atomic mass is 9.61. The monoisotopic (exact) mass is 469 g/mol. The van der Waals surface area contributed by atoms with E-state index in [9.17, 15) is 36.6 Å².